The lowest BCUT2D eigenvalue weighted by atomic mass is 9.49. The van der Waals surface area contributed by atoms with Crippen LogP contribution < -0.4 is 0 Å². The average Bonchev–Trinajstić information content (AvgIpc) is 2.47. The summed E-state index contributed by atoms with van der Waals surface area (Å²) in [7, 11) is 0. The topological polar surface area (TPSA) is 115 Å². The number of hydrogen-bond acceptors (Lipinski definition) is 6. The van der Waals surface area contributed by atoms with E-state index in [1.807, 2.05) is 0 Å². The van der Waals surface area contributed by atoms with E-state index in [2.05, 4.69) is 0 Å². The summed E-state index contributed by atoms with van der Waals surface area (Å²) in [6.07, 6.45) is 5.91. The quantitative estimate of drug-likeness (QED) is 0.443. The highest BCUT2D eigenvalue weighted by Gasteiger charge is 2.65. The zero-order valence-corrected chi connectivity index (χ0v) is 10.6. The minimum atomic E-state index is -2.03. The number of carbonyl (C=O) groups excluding carboxylic acids is 2. The van der Waals surface area contributed by atoms with E-state index >= 15 is 0 Å². The van der Waals surface area contributed by atoms with Crippen molar-refractivity contribution in [3.8, 4) is 0 Å². The van der Waals surface area contributed by atoms with Gasteiger partial charge in [0.25, 0.3) is 0 Å². The van der Waals surface area contributed by atoms with Crippen LogP contribution in [-0.4, -0.2) is 56.4 Å². The Hall–Kier alpha value is -1.34. The van der Waals surface area contributed by atoms with Crippen LogP contribution in [0.15, 0.2) is 24.3 Å². The van der Waals surface area contributed by atoms with E-state index in [-0.39, 0.29) is 0 Å². The lowest BCUT2D eigenvalue weighted by Crippen LogP contribution is -2.69. The zero-order valence-electron chi connectivity index (χ0n) is 10.6. The molecule has 4 aliphatic rings. The summed E-state index contributed by atoms with van der Waals surface area (Å²) < 4.78 is 0. The molecule has 0 aromatic carbocycles. The predicted octanol–water partition coefficient (Wildman–Crippen LogP) is -1.81. The predicted molar refractivity (Wildman–Crippen MR) is 66.3 cm³/mol. The Morgan fingerprint density at radius 3 is 2.25 bits per heavy atom. The molecule has 6 atom stereocenters. The first-order valence-electron chi connectivity index (χ1n) is 6.52. The van der Waals surface area contributed by atoms with Crippen molar-refractivity contribution in [3.63, 3.8) is 0 Å². The molecule has 0 saturated heterocycles. The fourth-order valence-electron chi connectivity index (χ4n) is 3.85. The molecule has 0 aliphatic heterocycles. The van der Waals surface area contributed by atoms with Gasteiger partial charge in [-0.3, -0.25) is 9.59 Å². The molecule has 0 unspecified atom stereocenters. The van der Waals surface area contributed by atoms with Gasteiger partial charge in [-0.25, -0.2) is 0 Å². The third-order valence-corrected chi connectivity index (χ3v) is 4.95. The second-order valence-electron chi connectivity index (χ2n) is 5.79. The molecule has 1 fully saturated rings. The Labute approximate surface area is 115 Å². The van der Waals surface area contributed by atoms with Gasteiger partial charge in [0.15, 0.2) is 22.8 Å². The van der Waals surface area contributed by atoms with Gasteiger partial charge in [0.2, 0.25) is 0 Å². The zero-order chi connectivity index (χ0) is 14.7. The SMILES string of the molecule is O=C1C=C[C@@H]2[C@@H]([C@@H]3C=C[C@H]2C(=O)[C@@]3(O)CO)[C@]1(O)CO. The Morgan fingerprint density at radius 2 is 1.65 bits per heavy atom. The van der Waals surface area contributed by atoms with E-state index in [4.69, 9.17) is 0 Å². The second-order valence-corrected chi connectivity index (χ2v) is 5.79. The van der Waals surface area contributed by atoms with Gasteiger partial charge in [-0.2, -0.15) is 0 Å². The Morgan fingerprint density at radius 1 is 1.00 bits per heavy atom. The van der Waals surface area contributed by atoms with Crippen LogP contribution in [0.3, 0.4) is 0 Å². The first kappa shape index (κ1) is 13.6. The number of rotatable bonds is 2. The number of Topliss-reactive ketones (excluding diaryl/α,β-unsaturated/α-hetero) is 1. The number of aliphatic hydroxyl groups excluding tert-OH is 2. The lowest BCUT2D eigenvalue weighted by molar-refractivity contribution is -0.191. The second kappa shape index (κ2) is 4.08. The first-order valence-corrected chi connectivity index (χ1v) is 6.52. The fraction of sp³-hybridized carbons (Fsp3) is 0.571. The van der Waals surface area contributed by atoms with Gasteiger partial charge in [0.05, 0.1) is 13.2 Å². The van der Waals surface area contributed by atoms with E-state index in [1.54, 1.807) is 18.2 Å². The molecule has 0 radical (unpaired) electrons. The van der Waals surface area contributed by atoms with Crippen molar-refractivity contribution in [1.82, 2.24) is 0 Å². The van der Waals surface area contributed by atoms with Gasteiger partial charge >= 0.3 is 0 Å². The van der Waals surface area contributed by atoms with E-state index in [0.29, 0.717) is 0 Å². The summed E-state index contributed by atoms with van der Waals surface area (Å²) in [4.78, 5) is 24.2. The van der Waals surface area contributed by atoms with Crippen LogP contribution >= 0.6 is 0 Å². The monoisotopic (exact) mass is 280 g/mol. The summed E-state index contributed by atoms with van der Waals surface area (Å²) in [5.74, 6) is -4.04. The summed E-state index contributed by atoms with van der Waals surface area (Å²) in [6.45, 7) is -1.57. The van der Waals surface area contributed by atoms with Crippen LogP contribution in [0.25, 0.3) is 0 Å². The van der Waals surface area contributed by atoms with Crippen LogP contribution in [0.5, 0.6) is 0 Å². The van der Waals surface area contributed by atoms with Crippen LogP contribution in [0, 0.1) is 23.7 Å². The van der Waals surface area contributed by atoms with Crippen LogP contribution in [-0.2, 0) is 9.59 Å². The summed E-state index contributed by atoms with van der Waals surface area (Å²) in [6, 6.07) is 0. The molecule has 20 heavy (non-hydrogen) atoms. The molecular formula is C14H16O6. The van der Waals surface area contributed by atoms with Gasteiger partial charge in [-0.05, 0) is 12.0 Å². The molecule has 0 aromatic rings. The van der Waals surface area contributed by atoms with Crippen molar-refractivity contribution in [1.29, 1.82) is 0 Å². The van der Waals surface area contributed by atoms with Crippen molar-refractivity contribution in [3.05, 3.63) is 24.3 Å². The number of aliphatic hydroxyl groups is 4. The molecule has 6 heteroatoms. The van der Waals surface area contributed by atoms with Crippen LogP contribution in [0.2, 0.25) is 0 Å². The van der Waals surface area contributed by atoms with E-state index < -0.39 is 59.7 Å². The molecule has 4 rings (SSSR count). The van der Waals surface area contributed by atoms with Gasteiger partial charge < -0.3 is 20.4 Å². The summed E-state index contributed by atoms with van der Waals surface area (Å²) in [5.41, 5.74) is -4.04. The molecule has 0 heterocycles. The van der Waals surface area contributed by atoms with E-state index in [1.165, 1.54) is 6.08 Å². The maximum absolute atomic E-state index is 12.3. The van der Waals surface area contributed by atoms with Gasteiger partial charge in [0.1, 0.15) is 0 Å². The number of fused-ring (bicyclic) bond motifs is 1. The van der Waals surface area contributed by atoms with E-state index in [0.717, 1.165) is 0 Å². The third-order valence-electron chi connectivity index (χ3n) is 4.95. The van der Waals surface area contributed by atoms with Crippen LogP contribution in [0.4, 0.5) is 0 Å². The highest BCUT2D eigenvalue weighted by Crippen LogP contribution is 2.53. The van der Waals surface area contributed by atoms with Gasteiger partial charge in [-0.1, -0.05) is 18.2 Å². The van der Waals surface area contributed by atoms with Gasteiger partial charge in [-0.15, -0.1) is 0 Å². The maximum Gasteiger partial charge on any atom is 0.189 e. The molecule has 0 aromatic heterocycles. The number of carbonyl (C=O) groups is 2. The minimum Gasteiger partial charge on any atom is -0.393 e. The largest absolute Gasteiger partial charge is 0.393 e. The fourth-order valence-corrected chi connectivity index (χ4v) is 3.85. The smallest absolute Gasteiger partial charge is 0.189 e. The van der Waals surface area contributed by atoms with Gasteiger partial charge in [0, 0.05) is 17.8 Å². The Balaban J connectivity index is 2.17. The van der Waals surface area contributed by atoms with Crippen molar-refractivity contribution in [2.45, 2.75) is 11.2 Å². The van der Waals surface area contributed by atoms with Crippen molar-refractivity contribution in [2.75, 3.05) is 13.2 Å². The average molecular weight is 280 g/mol. The standard InChI is InChI=1S/C14H16O6/c15-5-13(19)9-3-1-8(12(13)18)7-2-4-10(17)14(20,6-16)11(7)9/h1-4,7-9,11,15-16,19-20H,5-6H2/t7-,8+,9-,11-,13+,14-/m0/s1. The van der Waals surface area contributed by atoms with E-state index in [9.17, 15) is 30.0 Å². The molecule has 108 valence electrons. The Kier molecular flexibility index (Phi) is 2.78. The maximum atomic E-state index is 12.3. The molecule has 2 bridgehead atoms. The molecule has 6 nitrogen and oxygen atoms in total. The molecule has 0 amide bonds. The van der Waals surface area contributed by atoms with Crippen molar-refractivity contribution in [2.24, 2.45) is 23.7 Å². The summed E-state index contributed by atoms with van der Waals surface area (Å²) >= 11 is 0. The Bertz CT molecular complexity index is 538. The van der Waals surface area contributed by atoms with Crippen molar-refractivity contribution >= 4 is 11.6 Å². The third kappa shape index (κ3) is 1.37. The first-order chi connectivity index (χ1) is 9.40. The number of ketones is 2. The minimum absolute atomic E-state index is 0.459. The normalized spacial score (nSPS) is 49.6. The van der Waals surface area contributed by atoms with Crippen LogP contribution in [0.1, 0.15) is 0 Å². The van der Waals surface area contributed by atoms with Crippen molar-refractivity contribution < 1.29 is 30.0 Å². The molecule has 4 aliphatic carbocycles. The number of hydrogen-bond donors (Lipinski definition) is 4. The molecule has 0 spiro atoms. The molecule has 4 N–H and O–H groups in total. The number of allylic oxidation sites excluding steroid dienone is 2. The lowest BCUT2D eigenvalue weighted by Gasteiger charge is -2.55. The highest BCUT2D eigenvalue weighted by atomic mass is 16.4. The summed E-state index contributed by atoms with van der Waals surface area (Å²) in [5, 5.41) is 39.7. The molecule has 1 saturated carbocycles. The highest BCUT2D eigenvalue weighted by molar-refractivity contribution is 6.01. The molecular weight excluding hydrogens is 264 g/mol.